The third-order valence-electron chi connectivity index (χ3n) is 5.58. The Kier molecular flexibility index (Phi) is 6.11. The number of nitrogens with zero attached hydrogens (tertiary/aromatic N) is 4. The Balaban J connectivity index is 1.48. The maximum atomic E-state index is 12.4. The number of likely N-dealkylation sites (N-methyl/N-ethyl adjacent to an activating group) is 1. The minimum absolute atomic E-state index is 0.0573. The number of carbonyl (C=O) groups is 2. The highest BCUT2D eigenvalue weighted by Crippen LogP contribution is 2.30. The molecule has 1 aliphatic heterocycles. The fraction of sp³-hybridized carbons (Fsp3) is 0.292. The van der Waals surface area contributed by atoms with Crippen molar-refractivity contribution in [2.45, 2.75) is 20.0 Å². The van der Waals surface area contributed by atoms with Gasteiger partial charge in [0.1, 0.15) is 12.4 Å². The highest BCUT2D eigenvalue weighted by molar-refractivity contribution is 5.97. The fourth-order valence-electron chi connectivity index (χ4n) is 3.87. The Morgan fingerprint density at radius 1 is 1.16 bits per heavy atom. The number of nitrogens with one attached hydrogen (secondary N) is 1. The van der Waals surface area contributed by atoms with Gasteiger partial charge in [0.2, 0.25) is 0 Å². The molecule has 8 heteroatoms. The lowest BCUT2D eigenvalue weighted by Gasteiger charge is -2.28. The van der Waals surface area contributed by atoms with E-state index in [2.05, 4.69) is 21.4 Å². The fourth-order valence-corrected chi connectivity index (χ4v) is 3.87. The van der Waals surface area contributed by atoms with E-state index in [9.17, 15) is 9.59 Å². The van der Waals surface area contributed by atoms with Gasteiger partial charge in [0, 0.05) is 44.5 Å². The first-order valence-corrected chi connectivity index (χ1v) is 10.6. The van der Waals surface area contributed by atoms with Crippen molar-refractivity contribution < 1.29 is 14.3 Å². The van der Waals surface area contributed by atoms with E-state index >= 15 is 0 Å². The van der Waals surface area contributed by atoms with E-state index in [0.29, 0.717) is 18.9 Å². The van der Waals surface area contributed by atoms with Gasteiger partial charge >= 0.3 is 6.09 Å². The zero-order valence-corrected chi connectivity index (χ0v) is 18.5. The molecule has 1 N–H and O–H groups in total. The number of carbonyl (C=O) groups excluding carboxylic acids is 2. The summed E-state index contributed by atoms with van der Waals surface area (Å²) in [6.07, 6.45) is 0.270. The molecule has 0 spiro atoms. The minimum atomic E-state index is -0.557. The molecule has 0 fully saturated rings. The molecule has 8 nitrogen and oxygen atoms in total. The second-order valence-electron chi connectivity index (χ2n) is 7.76. The number of aromatic nitrogens is 2. The molecule has 0 radical (unpaired) electrons. The Labute approximate surface area is 187 Å². The molecule has 0 unspecified atom stereocenters. The molecule has 1 aromatic heterocycles. The molecule has 166 valence electrons. The molecular weight excluding hydrogens is 406 g/mol. The number of ether oxygens (including phenoxy) is 1. The van der Waals surface area contributed by atoms with Gasteiger partial charge in [-0.25, -0.2) is 4.79 Å². The van der Waals surface area contributed by atoms with Crippen LogP contribution in [-0.2, 0) is 24.8 Å². The van der Waals surface area contributed by atoms with Crippen LogP contribution in [0.1, 0.15) is 28.4 Å². The molecule has 0 bridgehead atoms. The van der Waals surface area contributed by atoms with E-state index in [1.165, 1.54) is 0 Å². The number of amides is 2. The molecular formula is C24H27N5O3. The van der Waals surface area contributed by atoms with Crippen LogP contribution in [0.2, 0.25) is 0 Å². The summed E-state index contributed by atoms with van der Waals surface area (Å²) in [5, 5.41) is 7.11. The van der Waals surface area contributed by atoms with E-state index in [4.69, 9.17) is 4.74 Å². The van der Waals surface area contributed by atoms with E-state index in [0.717, 1.165) is 34.6 Å². The van der Waals surface area contributed by atoms with Crippen LogP contribution in [0.25, 0.3) is 0 Å². The van der Waals surface area contributed by atoms with Crippen molar-refractivity contribution in [3.63, 3.8) is 0 Å². The molecule has 0 atom stereocenters. The van der Waals surface area contributed by atoms with Crippen molar-refractivity contribution in [1.82, 2.24) is 14.7 Å². The minimum Gasteiger partial charge on any atom is -0.444 e. The summed E-state index contributed by atoms with van der Waals surface area (Å²) in [5.41, 5.74) is 3.70. The van der Waals surface area contributed by atoms with E-state index in [-0.39, 0.29) is 12.5 Å². The van der Waals surface area contributed by atoms with Gasteiger partial charge in [-0.2, -0.15) is 5.10 Å². The monoisotopic (exact) mass is 433 g/mol. The average molecular weight is 434 g/mol. The van der Waals surface area contributed by atoms with Crippen LogP contribution < -0.4 is 10.2 Å². The molecule has 3 aromatic rings. The molecule has 0 saturated carbocycles. The number of benzene rings is 2. The molecule has 2 aromatic carbocycles. The lowest BCUT2D eigenvalue weighted by atomic mass is 9.98. The Bertz CT molecular complexity index is 1130. The molecule has 0 saturated heterocycles. The predicted octanol–water partition coefficient (Wildman–Crippen LogP) is 3.95. The zero-order valence-electron chi connectivity index (χ0n) is 18.5. The van der Waals surface area contributed by atoms with Crippen LogP contribution in [0.3, 0.4) is 0 Å². The normalized spacial score (nSPS) is 13.0. The van der Waals surface area contributed by atoms with E-state index < -0.39 is 6.09 Å². The first-order valence-electron chi connectivity index (χ1n) is 10.6. The lowest BCUT2D eigenvalue weighted by Crippen LogP contribution is -2.34. The Morgan fingerprint density at radius 2 is 1.94 bits per heavy atom. The molecule has 4 rings (SSSR count). The third kappa shape index (κ3) is 4.44. The quantitative estimate of drug-likeness (QED) is 0.637. The highest BCUT2D eigenvalue weighted by Gasteiger charge is 2.23. The SMILES string of the molecule is CCN(c1ccc2c(c1)CCN(C)C2=O)c1cc(NC(=O)OCc2ccccc2)nn1C. The van der Waals surface area contributed by atoms with Gasteiger partial charge in [-0.3, -0.25) is 14.8 Å². The van der Waals surface area contributed by atoms with Gasteiger partial charge in [0.25, 0.3) is 5.91 Å². The van der Waals surface area contributed by atoms with Gasteiger partial charge in [0.15, 0.2) is 5.82 Å². The molecule has 32 heavy (non-hydrogen) atoms. The highest BCUT2D eigenvalue weighted by atomic mass is 16.5. The summed E-state index contributed by atoms with van der Waals surface area (Å²) in [6.45, 7) is 3.65. The largest absolute Gasteiger partial charge is 0.444 e. The van der Waals surface area contributed by atoms with Gasteiger partial charge in [-0.05, 0) is 42.7 Å². The summed E-state index contributed by atoms with van der Waals surface area (Å²) in [4.78, 5) is 28.4. The Morgan fingerprint density at radius 3 is 2.69 bits per heavy atom. The van der Waals surface area contributed by atoms with Crippen LogP contribution in [0.4, 0.5) is 22.1 Å². The van der Waals surface area contributed by atoms with Crippen molar-refractivity contribution in [3.05, 3.63) is 71.3 Å². The van der Waals surface area contributed by atoms with Crippen molar-refractivity contribution in [2.24, 2.45) is 7.05 Å². The van der Waals surface area contributed by atoms with E-state index in [1.54, 1.807) is 9.58 Å². The van der Waals surface area contributed by atoms with Crippen molar-refractivity contribution in [2.75, 3.05) is 30.4 Å². The summed E-state index contributed by atoms with van der Waals surface area (Å²) >= 11 is 0. The number of hydrogen-bond donors (Lipinski definition) is 1. The topological polar surface area (TPSA) is 79.7 Å². The van der Waals surface area contributed by atoms with Crippen LogP contribution in [0, 0.1) is 0 Å². The van der Waals surface area contributed by atoms with Crippen molar-refractivity contribution in [3.8, 4) is 0 Å². The van der Waals surface area contributed by atoms with Crippen molar-refractivity contribution in [1.29, 1.82) is 0 Å². The number of aryl methyl sites for hydroxylation is 1. The van der Waals surface area contributed by atoms with Crippen molar-refractivity contribution >= 4 is 29.3 Å². The summed E-state index contributed by atoms with van der Waals surface area (Å²) < 4.78 is 7.00. The van der Waals surface area contributed by atoms with Crippen LogP contribution >= 0.6 is 0 Å². The molecule has 0 aliphatic carbocycles. The van der Waals surface area contributed by atoms with Crippen LogP contribution in [0.15, 0.2) is 54.6 Å². The smallest absolute Gasteiger partial charge is 0.413 e. The van der Waals surface area contributed by atoms with Gasteiger partial charge in [-0.15, -0.1) is 0 Å². The summed E-state index contributed by atoms with van der Waals surface area (Å²) in [7, 11) is 3.65. The number of hydrogen-bond acceptors (Lipinski definition) is 5. The second-order valence-corrected chi connectivity index (χ2v) is 7.76. The van der Waals surface area contributed by atoms with Gasteiger partial charge in [-0.1, -0.05) is 30.3 Å². The lowest BCUT2D eigenvalue weighted by molar-refractivity contribution is 0.0781. The molecule has 2 amide bonds. The first-order chi connectivity index (χ1) is 15.5. The standard InChI is InChI=1S/C24H27N5O3/c1-4-29(19-10-11-20-18(14-19)12-13-27(2)23(20)30)22-15-21(26-28(22)3)25-24(31)32-16-17-8-6-5-7-9-17/h5-11,14-15H,4,12-13,16H2,1-3H3,(H,25,26,31). The number of fused-ring (bicyclic) bond motifs is 1. The summed E-state index contributed by atoms with van der Waals surface area (Å²) in [6, 6.07) is 17.2. The first kappa shape index (κ1) is 21.4. The summed E-state index contributed by atoms with van der Waals surface area (Å²) in [5.74, 6) is 1.29. The van der Waals surface area contributed by atoms with Crippen LogP contribution in [-0.4, -0.2) is 46.8 Å². The average Bonchev–Trinajstić information content (AvgIpc) is 3.15. The maximum Gasteiger partial charge on any atom is 0.413 e. The van der Waals surface area contributed by atoms with Gasteiger partial charge < -0.3 is 14.5 Å². The van der Waals surface area contributed by atoms with E-state index in [1.807, 2.05) is 69.6 Å². The maximum absolute atomic E-state index is 12.4. The zero-order chi connectivity index (χ0) is 22.7. The third-order valence-corrected chi connectivity index (χ3v) is 5.58. The van der Waals surface area contributed by atoms with Gasteiger partial charge in [0.05, 0.1) is 0 Å². The molecule has 1 aliphatic rings. The second kappa shape index (κ2) is 9.13. The predicted molar refractivity (Wildman–Crippen MR) is 123 cm³/mol. The van der Waals surface area contributed by atoms with Crippen LogP contribution in [0.5, 0.6) is 0 Å². The Hall–Kier alpha value is -3.81. The molecule has 2 heterocycles. The number of rotatable bonds is 6. The number of anilines is 3.